The average Bonchev–Trinajstić information content (AvgIpc) is 3.36. The summed E-state index contributed by atoms with van der Waals surface area (Å²) in [4.78, 5) is 16.4. The number of hydrogen-bond acceptors (Lipinski definition) is 3. The van der Waals surface area contributed by atoms with Crippen molar-refractivity contribution in [2.45, 2.75) is 12.7 Å². The Labute approximate surface area is 169 Å². The van der Waals surface area contributed by atoms with E-state index in [0.717, 1.165) is 21.3 Å². The van der Waals surface area contributed by atoms with Crippen molar-refractivity contribution in [2.75, 3.05) is 5.32 Å². The Morgan fingerprint density at radius 3 is 2.83 bits per heavy atom. The minimum atomic E-state index is -4.30. The van der Waals surface area contributed by atoms with Crippen LogP contribution in [0.1, 0.15) is 5.56 Å². The van der Waals surface area contributed by atoms with Crippen molar-refractivity contribution in [1.29, 1.82) is 0 Å². The molecule has 2 N–H and O–H groups in total. The van der Waals surface area contributed by atoms with Crippen molar-refractivity contribution in [3.05, 3.63) is 73.0 Å². The van der Waals surface area contributed by atoms with Crippen molar-refractivity contribution in [3.8, 4) is 11.1 Å². The van der Waals surface area contributed by atoms with Crippen molar-refractivity contribution in [3.63, 3.8) is 0 Å². The third-order valence-electron chi connectivity index (χ3n) is 4.46. The average molecular weight is 411 g/mol. The Bertz CT molecular complexity index is 1210. The molecule has 0 saturated heterocycles. The third-order valence-corrected chi connectivity index (χ3v) is 4.46. The van der Waals surface area contributed by atoms with E-state index in [1.165, 1.54) is 12.3 Å². The van der Waals surface area contributed by atoms with Gasteiger partial charge in [-0.15, -0.1) is 0 Å². The number of hydrogen-bond donors (Lipinski definition) is 2. The second-order valence-corrected chi connectivity index (χ2v) is 6.60. The number of amides is 1. The first-order valence-electron chi connectivity index (χ1n) is 8.97. The molecule has 0 aliphatic rings. The molecule has 1 aromatic carbocycles. The summed E-state index contributed by atoms with van der Waals surface area (Å²) in [6.07, 6.45) is 6.80. The second kappa shape index (κ2) is 7.86. The monoisotopic (exact) mass is 411 g/mol. The molecule has 4 aromatic rings. The number of carbonyl (C=O) groups excluding carboxylic acids is 1. The zero-order valence-electron chi connectivity index (χ0n) is 15.5. The smallest absolute Gasteiger partial charge is 0.338 e. The Balaban J connectivity index is 1.49. The molecule has 4 rings (SSSR count). The highest BCUT2D eigenvalue weighted by Gasteiger charge is 2.28. The summed E-state index contributed by atoms with van der Waals surface area (Å²) in [5.41, 5.74) is 3.42. The highest BCUT2D eigenvalue weighted by atomic mass is 19.4. The second-order valence-electron chi connectivity index (χ2n) is 6.60. The van der Waals surface area contributed by atoms with Crippen molar-refractivity contribution in [2.24, 2.45) is 0 Å². The first kappa shape index (κ1) is 19.4. The van der Waals surface area contributed by atoms with Crippen LogP contribution in [0.3, 0.4) is 0 Å². The molecule has 0 spiro atoms. The summed E-state index contributed by atoms with van der Waals surface area (Å²) in [5, 5.41) is 9.99. The lowest BCUT2D eigenvalue weighted by Crippen LogP contribution is -2.16. The minimum absolute atomic E-state index is 0.369. The molecule has 0 fully saturated rings. The van der Waals surface area contributed by atoms with E-state index in [2.05, 4.69) is 20.5 Å². The highest BCUT2D eigenvalue weighted by Crippen LogP contribution is 2.25. The van der Waals surface area contributed by atoms with Crippen LogP contribution in [0.5, 0.6) is 0 Å². The number of pyridine rings is 1. The summed E-state index contributed by atoms with van der Waals surface area (Å²) in [6.45, 7) is -1.06. The van der Waals surface area contributed by atoms with Gasteiger partial charge in [0.2, 0.25) is 5.91 Å². The van der Waals surface area contributed by atoms with Crippen LogP contribution in [0.15, 0.2) is 67.4 Å². The van der Waals surface area contributed by atoms with Gasteiger partial charge in [0.15, 0.2) is 0 Å². The van der Waals surface area contributed by atoms with E-state index in [4.69, 9.17) is 0 Å². The van der Waals surface area contributed by atoms with Gasteiger partial charge < -0.3 is 9.88 Å². The van der Waals surface area contributed by atoms with Gasteiger partial charge in [0.1, 0.15) is 6.54 Å². The number of fused-ring (bicyclic) bond motifs is 1. The SMILES string of the molecule is O=C(C=Cc1cnccc1-c1cn[nH]c1)Nc1ccc2c(ccn2CC(F)(F)F)c1. The number of anilines is 1. The molecule has 3 aromatic heterocycles. The van der Waals surface area contributed by atoms with Gasteiger partial charge in [-0.2, -0.15) is 18.3 Å². The van der Waals surface area contributed by atoms with E-state index in [1.54, 1.807) is 55.1 Å². The number of aromatic nitrogens is 4. The zero-order valence-corrected chi connectivity index (χ0v) is 15.5. The summed E-state index contributed by atoms with van der Waals surface area (Å²) in [6, 6.07) is 8.16. The van der Waals surface area contributed by atoms with E-state index in [1.807, 2.05) is 6.07 Å². The van der Waals surface area contributed by atoms with Crippen LogP contribution in [-0.4, -0.2) is 31.8 Å². The van der Waals surface area contributed by atoms with Gasteiger partial charge >= 0.3 is 6.18 Å². The largest absolute Gasteiger partial charge is 0.406 e. The third kappa shape index (κ3) is 4.40. The summed E-state index contributed by atoms with van der Waals surface area (Å²) in [5.74, 6) is -0.369. The molecule has 9 heteroatoms. The Hall–Kier alpha value is -3.88. The number of H-pyrrole nitrogens is 1. The van der Waals surface area contributed by atoms with Crippen LogP contribution < -0.4 is 5.32 Å². The summed E-state index contributed by atoms with van der Waals surface area (Å²) >= 11 is 0. The lowest BCUT2D eigenvalue weighted by molar-refractivity contribution is -0.139. The fraction of sp³-hybridized carbons (Fsp3) is 0.0952. The molecule has 0 saturated carbocycles. The molecule has 0 bridgehead atoms. The van der Waals surface area contributed by atoms with Crippen molar-refractivity contribution in [1.82, 2.24) is 19.7 Å². The predicted octanol–water partition coefficient (Wildman–Crippen LogP) is 4.64. The summed E-state index contributed by atoms with van der Waals surface area (Å²) in [7, 11) is 0. The molecular formula is C21H16F3N5O. The molecule has 3 heterocycles. The van der Waals surface area contributed by atoms with Crippen molar-refractivity contribution < 1.29 is 18.0 Å². The molecule has 0 unspecified atom stereocenters. The van der Waals surface area contributed by atoms with Gasteiger partial charge in [-0.05, 0) is 42.0 Å². The van der Waals surface area contributed by atoms with Crippen LogP contribution in [0.25, 0.3) is 28.1 Å². The van der Waals surface area contributed by atoms with E-state index >= 15 is 0 Å². The molecule has 0 atom stereocenters. The maximum Gasteiger partial charge on any atom is 0.406 e. The number of aromatic amines is 1. The number of carbonyl (C=O) groups is 1. The van der Waals surface area contributed by atoms with Gasteiger partial charge in [-0.3, -0.25) is 14.9 Å². The molecule has 1 amide bonds. The van der Waals surface area contributed by atoms with Crippen LogP contribution in [0.4, 0.5) is 18.9 Å². The van der Waals surface area contributed by atoms with Gasteiger partial charge in [0, 0.05) is 58.6 Å². The molecular weight excluding hydrogens is 395 g/mol. The number of halogens is 3. The van der Waals surface area contributed by atoms with Gasteiger partial charge in [-0.25, -0.2) is 0 Å². The molecule has 0 aliphatic carbocycles. The van der Waals surface area contributed by atoms with E-state index < -0.39 is 12.7 Å². The van der Waals surface area contributed by atoms with Gasteiger partial charge in [0.05, 0.1) is 6.20 Å². The first-order valence-corrected chi connectivity index (χ1v) is 8.97. The maximum atomic E-state index is 12.6. The zero-order chi connectivity index (χ0) is 21.1. The number of alkyl halides is 3. The quantitative estimate of drug-likeness (QED) is 0.470. The van der Waals surface area contributed by atoms with E-state index in [0.29, 0.717) is 16.6 Å². The normalized spacial score (nSPS) is 12.0. The fourth-order valence-corrected chi connectivity index (χ4v) is 3.16. The van der Waals surface area contributed by atoms with Crippen LogP contribution in [0.2, 0.25) is 0 Å². The highest BCUT2D eigenvalue weighted by molar-refractivity contribution is 6.03. The van der Waals surface area contributed by atoms with E-state index in [9.17, 15) is 18.0 Å². The van der Waals surface area contributed by atoms with Gasteiger partial charge in [-0.1, -0.05) is 0 Å². The molecule has 0 aliphatic heterocycles. The lowest BCUT2D eigenvalue weighted by Gasteiger charge is -2.09. The topological polar surface area (TPSA) is 75.6 Å². The molecule has 30 heavy (non-hydrogen) atoms. The molecule has 0 radical (unpaired) electrons. The minimum Gasteiger partial charge on any atom is -0.338 e. The number of nitrogens with one attached hydrogen (secondary N) is 2. The van der Waals surface area contributed by atoms with E-state index in [-0.39, 0.29) is 5.91 Å². The Kier molecular flexibility index (Phi) is 5.09. The first-order chi connectivity index (χ1) is 14.4. The maximum absolute atomic E-state index is 12.6. The predicted molar refractivity (Wildman–Crippen MR) is 107 cm³/mol. The van der Waals surface area contributed by atoms with Crippen LogP contribution in [0, 0.1) is 0 Å². The fourth-order valence-electron chi connectivity index (χ4n) is 3.16. The molecule has 152 valence electrons. The standard InChI is InChI=1S/C21H16F3N5O/c22-21(23,24)13-29-8-6-14-9-17(2-3-19(14)29)28-20(30)4-1-15-10-25-7-5-18(15)16-11-26-27-12-16/h1-12H,13H2,(H,26,27)(H,28,30). The van der Waals surface area contributed by atoms with Crippen LogP contribution in [-0.2, 0) is 11.3 Å². The number of nitrogens with zero attached hydrogens (tertiary/aromatic N) is 3. The molecule has 6 nitrogen and oxygen atoms in total. The Morgan fingerprint density at radius 1 is 1.20 bits per heavy atom. The van der Waals surface area contributed by atoms with Crippen LogP contribution >= 0.6 is 0 Å². The van der Waals surface area contributed by atoms with Crippen molar-refractivity contribution >= 4 is 28.6 Å². The number of rotatable bonds is 5. The summed E-state index contributed by atoms with van der Waals surface area (Å²) < 4.78 is 39.1. The number of benzene rings is 1. The van der Waals surface area contributed by atoms with Gasteiger partial charge in [0.25, 0.3) is 0 Å². The lowest BCUT2D eigenvalue weighted by atomic mass is 10.0. The Morgan fingerprint density at radius 2 is 2.07 bits per heavy atom.